The molecular weight excluding hydrogens is 282 g/mol. The smallest absolute Gasteiger partial charge is 0.273 e. The molecule has 21 heavy (non-hydrogen) atoms. The Labute approximate surface area is 130 Å². The lowest BCUT2D eigenvalue weighted by atomic mass is 10.0. The fourth-order valence-electron chi connectivity index (χ4n) is 2.17. The molecule has 1 atom stereocenters. The molecule has 1 aromatic carbocycles. The zero-order chi connectivity index (χ0) is 15.6. The Kier molecular flexibility index (Phi) is 4.96. The first-order valence-corrected chi connectivity index (χ1v) is 8.04. The van der Waals surface area contributed by atoms with Crippen molar-refractivity contribution in [2.24, 2.45) is 11.7 Å². The molecule has 0 aliphatic rings. The van der Waals surface area contributed by atoms with Crippen LogP contribution < -0.4 is 5.73 Å². The summed E-state index contributed by atoms with van der Waals surface area (Å²) in [4.78, 5) is 14.3. The van der Waals surface area contributed by atoms with Gasteiger partial charge in [0.15, 0.2) is 0 Å². The average Bonchev–Trinajstić information content (AvgIpc) is 2.86. The van der Waals surface area contributed by atoms with Crippen LogP contribution in [0.1, 0.15) is 36.3 Å². The first-order chi connectivity index (χ1) is 9.90. The van der Waals surface area contributed by atoms with Gasteiger partial charge < -0.3 is 10.6 Å². The molecule has 0 saturated heterocycles. The normalized spacial score (nSPS) is 12.9. The number of nitrogens with zero attached hydrogens (tertiary/aromatic N) is 2. The van der Waals surface area contributed by atoms with E-state index in [2.05, 4.69) is 18.2 Å². The number of carbonyl (C=O) groups is 1. The van der Waals surface area contributed by atoms with E-state index < -0.39 is 0 Å². The second-order valence-corrected chi connectivity index (χ2v) is 6.76. The third-order valence-corrected chi connectivity index (χ3v) is 4.66. The molecule has 4 nitrogen and oxygen atoms in total. The van der Waals surface area contributed by atoms with Gasteiger partial charge in [-0.05, 0) is 42.9 Å². The van der Waals surface area contributed by atoms with Crippen LogP contribution in [0.2, 0.25) is 0 Å². The van der Waals surface area contributed by atoms with Crippen molar-refractivity contribution in [1.29, 1.82) is 0 Å². The second-order valence-electron chi connectivity index (χ2n) is 5.95. The van der Waals surface area contributed by atoms with Crippen LogP contribution in [-0.2, 0) is 0 Å². The van der Waals surface area contributed by atoms with E-state index in [-0.39, 0.29) is 11.9 Å². The van der Waals surface area contributed by atoms with Crippen molar-refractivity contribution in [2.75, 3.05) is 13.6 Å². The maximum absolute atomic E-state index is 12.5. The van der Waals surface area contributed by atoms with Crippen molar-refractivity contribution in [3.8, 4) is 0 Å². The van der Waals surface area contributed by atoms with Gasteiger partial charge in [-0.2, -0.15) is 4.37 Å². The molecule has 0 aliphatic carbocycles. The van der Waals surface area contributed by atoms with Crippen molar-refractivity contribution in [3.05, 3.63) is 29.5 Å². The predicted octanol–water partition coefficient (Wildman–Crippen LogP) is 3.05. The molecule has 2 aromatic rings. The predicted molar refractivity (Wildman–Crippen MR) is 88.7 cm³/mol. The maximum atomic E-state index is 12.5. The van der Waals surface area contributed by atoms with E-state index >= 15 is 0 Å². The van der Waals surface area contributed by atoms with Gasteiger partial charge >= 0.3 is 0 Å². The van der Waals surface area contributed by atoms with E-state index in [0.717, 1.165) is 22.1 Å². The molecule has 114 valence electrons. The molecule has 0 spiro atoms. The van der Waals surface area contributed by atoms with Crippen molar-refractivity contribution in [2.45, 2.75) is 33.2 Å². The van der Waals surface area contributed by atoms with Gasteiger partial charge in [0.25, 0.3) is 5.91 Å². The van der Waals surface area contributed by atoms with Gasteiger partial charge in [0, 0.05) is 25.0 Å². The van der Waals surface area contributed by atoms with E-state index in [0.29, 0.717) is 18.2 Å². The largest absolute Gasteiger partial charge is 0.340 e. The molecule has 1 unspecified atom stereocenters. The number of benzene rings is 1. The van der Waals surface area contributed by atoms with Gasteiger partial charge in [-0.1, -0.05) is 25.5 Å². The summed E-state index contributed by atoms with van der Waals surface area (Å²) in [5, 5.41) is 0.949. The zero-order valence-electron chi connectivity index (χ0n) is 13.1. The van der Waals surface area contributed by atoms with Crippen molar-refractivity contribution < 1.29 is 4.79 Å². The SMILES string of the molecule is Cc1ccc2snc(C(=O)N(C)CCC(N)C(C)C)c2c1. The summed E-state index contributed by atoms with van der Waals surface area (Å²) in [6.07, 6.45) is 0.807. The second kappa shape index (κ2) is 6.54. The number of fused-ring (bicyclic) bond motifs is 1. The highest BCUT2D eigenvalue weighted by Gasteiger charge is 2.19. The molecular formula is C16H23N3OS. The van der Waals surface area contributed by atoms with E-state index in [1.807, 2.05) is 32.2 Å². The van der Waals surface area contributed by atoms with Crippen molar-refractivity contribution >= 4 is 27.5 Å². The summed E-state index contributed by atoms with van der Waals surface area (Å²) in [5.74, 6) is 0.402. The summed E-state index contributed by atoms with van der Waals surface area (Å²) in [7, 11) is 1.82. The van der Waals surface area contributed by atoms with Crippen molar-refractivity contribution in [1.82, 2.24) is 9.27 Å². The molecule has 0 aliphatic heterocycles. The number of amides is 1. The van der Waals surface area contributed by atoms with Crippen LogP contribution in [0.25, 0.3) is 10.1 Å². The van der Waals surface area contributed by atoms with Gasteiger partial charge in [0.1, 0.15) is 5.69 Å². The maximum Gasteiger partial charge on any atom is 0.273 e. The van der Waals surface area contributed by atoms with Gasteiger partial charge in [0.2, 0.25) is 0 Å². The van der Waals surface area contributed by atoms with Crippen LogP contribution in [0, 0.1) is 12.8 Å². The molecule has 2 rings (SSSR count). The third kappa shape index (κ3) is 3.60. The summed E-state index contributed by atoms with van der Waals surface area (Å²) in [6, 6.07) is 6.21. The van der Waals surface area contributed by atoms with E-state index in [9.17, 15) is 4.79 Å². The summed E-state index contributed by atoms with van der Waals surface area (Å²) >= 11 is 1.38. The molecule has 0 saturated carbocycles. The number of rotatable bonds is 5. The minimum atomic E-state index is -0.0252. The fraction of sp³-hybridized carbons (Fsp3) is 0.500. The van der Waals surface area contributed by atoms with Gasteiger partial charge in [-0.3, -0.25) is 4.79 Å². The van der Waals surface area contributed by atoms with Crippen LogP contribution in [-0.4, -0.2) is 34.8 Å². The van der Waals surface area contributed by atoms with Crippen LogP contribution in [0.3, 0.4) is 0 Å². The highest BCUT2D eigenvalue weighted by molar-refractivity contribution is 7.13. The number of hydrogen-bond donors (Lipinski definition) is 1. The number of carbonyl (C=O) groups excluding carboxylic acids is 1. The molecule has 2 N–H and O–H groups in total. The van der Waals surface area contributed by atoms with Crippen molar-refractivity contribution in [3.63, 3.8) is 0 Å². The van der Waals surface area contributed by atoms with E-state index in [1.54, 1.807) is 4.90 Å². The molecule has 1 heterocycles. The first-order valence-electron chi connectivity index (χ1n) is 7.27. The Morgan fingerprint density at radius 1 is 1.43 bits per heavy atom. The minimum absolute atomic E-state index is 0.0252. The third-order valence-electron chi connectivity index (χ3n) is 3.83. The van der Waals surface area contributed by atoms with Gasteiger partial charge in [0.05, 0.1) is 4.70 Å². The quantitative estimate of drug-likeness (QED) is 0.923. The van der Waals surface area contributed by atoms with Crippen LogP contribution in [0.5, 0.6) is 0 Å². The standard InChI is InChI=1S/C16H23N3OS/c1-10(2)13(17)7-8-19(4)16(20)15-12-9-11(3)5-6-14(12)21-18-15/h5-6,9-10,13H,7-8,17H2,1-4H3. The van der Waals surface area contributed by atoms with Crippen LogP contribution in [0.4, 0.5) is 0 Å². The molecule has 0 bridgehead atoms. The monoisotopic (exact) mass is 305 g/mol. The number of aromatic nitrogens is 1. The fourth-order valence-corrected chi connectivity index (χ4v) is 2.91. The van der Waals surface area contributed by atoms with Gasteiger partial charge in [-0.15, -0.1) is 0 Å². The Bertz CT molecular complexity index is 635. The lowest BCUT2D eigenvalue weighted by molar-refractivity contribution is 0.0786. The Hall–Kier alpha value is -1.46. The lowest BCUT2D eigenvalue weighted by Gasteiger charge is -2.21. The summed E-state index contributed by atoms with van der Waals surface area (Å²) in [6.45, 7) is 6.88. The Morgan fingerprint density at radius 3 is 2.81 bits per heavy atom. The topological polar surface area (TPSA) is 59.2 Å². The average molecular weight is 305 g/mol. The molecule has 0 radical (unpaired) electrons. The van der Waals surface area contributed by atoms with Crippen LogP contribution >= 0.6 is 11.5 Å². The molecule has 0 fully saturated rings. The first kappa shape index (κ1) is 15.9. The lowest BCUT2D eigenvalue weighted by Crippen LogP contribution is -2.34. The number of hydrogen-bond acceptors (Lipinski definition) is 4. The zero-order valence-corrected chi connectivity index (χ0v) is 13.9. The Morgan fingerprint density at radius 2 is 2.14 bits per heavy atom. The van der Waals surface area contributed by atoms with Crippen LogP contribution in [0.15, 0.2) is 18.2 Å². The van der Waals surface area contributed by atoms with E-state index in [1.165, 1.54) is 11.5 Å². The molecule has 5 heteroatoms. The van der Waals surface area contributed by atoms with E-state index in [4.69, 9.17) is 5.73 Å². The highest BCUT2D eigenvalue weighted by Crippen LogP contribution is 2.24. The number of nitrogens with two attached hydrogens (primary N) is 1. The summed E-state index contributed by atoms with van der Waals surface area (Å²) < 4.78 is 5.39. The molecule has 1 aromatic heterocycles. The van der Waals surface area contributed by atoms with Gasteiger partial charge in [-0.25, -0.2) is 0 Å². The number of aryl methyl sites for hydroxylation is 1. The minimum Gasteiger partial charge on any atom is -0.340 e. The summed E-state index contributed by atoms with van der Waals surface area (Å²) in [5.41, 5.74) is 7.74. The molecule has 1 amide bonds. The highest BCUT2D eigenvalue weighted by atomic mass is 32.1. The Balaban J connectivity index is 2.12.